The molecule has 1 fully saturated rings. The maximum atomic E-state index is 11.8. The van der Waals surface area contributed by atoms with Gasteiger partial charge < -0.3 is 20.1 Å². The van der Waals surface area contributed by atoms with Gasteiger partial charge in [-0.05, 0) is 33.6 Å². The van der Waals surface area contributed by atoms with Crippen LogP contribution in [0.4, 0.5) is 4.79 Å². The average Bonchev–Trinajstić information content (AvgIpc) is 2.51. The van der Waals surface area contributed by atoms with Gasteiger partial charge in [-0.3, -0.25) is 0 Å². The summed E-state index contributed by atoms with van der Waals surface area (Å²) in [5.74, 6) is -1.25. The molecule has 0 unspecified atom stereocenters. The first kappa shape index (κ1) is 20.0. The summed E-state index contributed by atoms with van der Waals surface area (Å²) in [5.41, 5.74) is 0. The molecule has 0 aromatic rings. The zero-order chi connectivity index (χ0) is 17.9. The molecule has 0 spiro atoms. The van der Waals surface area contributed by atoms with E-state index in [0.29, 0.717) is 0 Å². The lowest BCUT2D eigenvalue weighted by Crippen LogP contribution is -2.47. The summed E-state index contributed by atoms with van der Waals surface area (Å²) in [4.78, 5) is 34.6. The second kappa shape index (κ2) is 10.7. The van der Waals surface area contributed by atoms with Crippen LogP contribution in [0.3, 0.4) is 0 Å². The van der Waals surface area contributed by atoms with E-state index in [1.165, 1.54) is 6.42 Å². The van der Waals surface area contributed by atoms with E-state index in [9.17, 15) is 14.4 Å². The van der Waals surface area contributed by atoms with Crippen LogP contribution in [0.1, 0.15) is 52.9 Å². The van der Waals surface area contributed by atoms with Crippen molar-refractivity contribution in [2.45, 2.75) is 71.1 Å². The van der Waals surface area contributed by atoms with Crippen molar-refractivity contribution in [3.05, 3.63) is 12.2 Å². The highest BCUT2D eigenvalue weighted by atomic mass is 16.5. The van der Waals surface area contributed by atoms with Gasteiger partial charge in [-0.1, -0.05) is 19.3 Å². The van der Waals surface area contributed by atoms with Gasteiger partial charge in [0.2, 0.25) is 0 Å². The molecule has 1 atom stereocenters. The van der Waals surface area contributed by atoms with Crippen molar-refractivity contribution >= 4 is 18.0 Å². The second-order valence-electron chi connectivity index (χ2n) is 6.30. The predicted molar refractivity (Wildman–Crippen MR) is 89.3 cm³/mol. The molecule has 1 rings (SSSR count). The van der Waals surface area contributed by atoms with E-state index in [2.05, 4.69) is 10.6 Å². The number of hydrogen-bond acceptors (Lipinski definition) is 5. The smallest absolute Gasteiger partial charge is 0.331 e. The summed E-state index contributed by atoms with van der Waals surface area (Å²) in [6.07, 6.45) is 7.32. The van der Waals surface area contributed by atoms with Crippen LogP contribution >= 0.6 is 0 Å². The minimum Gasteiger partial charge on any atom is -0.460 e. The summed E-state index contributed by atoms with van der Waals surface area (Å²) in [6, 6.07) is -0.349. The quantitative estimate of drug-likeness (QED) is 0.546. The number of rotatable bonds is 7. The molecule has 1 saturated carbocycles. The number of esters is 2. The van der Waals surface area contributed by atoms with Gasteiger partial charge in [-0.25, -0.2) is 14.4 Å². The van der Waals surface area contributed by atoms with Crippen LogP contribution in [0.25, 0.3) is 0 Å². The van der Waals surface area contributed by atoms with Gasteiger partial charge in [0, 0.05) is 18.2 Å². The van der Waals surface area contributed by atoms with Crippen LogP contribution in [-0.4, -0.2) is 42.8 Å². The first-order valence-corrected chi connectivity index (χ1v) is 8.49. The standard InChI is InChI=1S/C17H28N2O5/c1-12(2)24-16(21)10-9-15(20)23-11-13(3)18-17(22)19-14-7-5-4-6-8-14/h9-10,12-14H,4-8,11H2,1-3H3,(H2,18,19,22)/b10-9+/t13-/m0/s1. The Bertz CT molecular complexity index is 456. The molecule has 0 bridgehead atoms. The minimum atomic E-state index is -0.656. The zero-order valence-electron chi connectivity index (χ0n) is 14.7. The lowest BCUT2D eigenvalue weighted by Gasteiger charge is -2.24. The molecule has 7 heteroatoms. The molecule has 0 aromatic heterocycles. The van der Waals surface area contributed by atoms with Crippen LogP contribution in [0.2, 0.25) is 0 Å². The van der Waals surface area contributed by atoms with Crippen LogP contribution < -0.4 is 10.6 Å². The third-order valence-electron chi connectivity index (χ3n) is 3.50. The molecule has 24 heavy (non-hydrogen) atoms. The summed E-state index contributed by atoms with van der Waals surface area (Å²) >= 11 is 0. The third-order valence-corrected chi connectivity index (χ3v) is 3.50. The van der Waals surface area contributed by atoms with E-state index in [0.717, 1.165) is 37.8 Å². The number of hydrogen-bond donors (Lipinski definition) is 2. The number of carbonyl (C=O) groups excluding carboxylic acids is 3. The molecule has 7 nitrogen and oxygen atoms in total. The van der Waals surface area contributed by atoms with E-state index in [1.807, 2.05) is 0 Å². The summed E-state index contributed by atoms with van der Waals surface area (Å²) in [6.45, 7) is 5.20. The normalized spacial score (nSPS) is 16.7. The Morgan fingerprint density at radius 1 is 1.04 bits per heavy atom. The van der Waals surface area contributed by atoms with Crippen LogP contribution in [0.5, 0.6) is 0 Å². The van der Waals surface area contributed by atoms with Gasteiger partial charge in [0.15, 0.2) is 0 Å². The van der Waals surface area contributed by atoms with Gasteiger partial charge in [0.25, 0.3) is 0 Å². The summed E-state index contributed by atoms with van der Waals surface area (Å²) in [5, 5.41) is 5.66. The highest BCUT2D eigenvalue weighted by Crippen LogP contribution is 2.17. The Labute approximate surface area is 143 Å². The maximum absolute atomic E-state index is 11.8. The highest BCUT2D eigenvalue weighted by molar-refractivity contribution is 5.91. The molecule has 2 amide bonds. The minimum absolute atomic E-state index is 0.0283. The first-order valence-electron chi connectivity index (χ1n) is 8.49. The van der Waals surface area contributed by atoms with Crippen LogP contribution in [-0.2, 0) is 19.1 Å². The average molecular weight is 340 g/mol. The van der Waals surface area contributed by atoms with E-state index in [-0.39, 0.29) is 30.8 Å². The first-order chi connectivity index (χ1) is 11.4. The molecule has 0 heterocycles. The largest absolute Gasteiger partial charge is 0.460 e. The number of nitrogens with one attached hydrogen (secondary N) is 2. The van der Waals surface area contributed by atoms with Gasteiger partial charge in [0.1, 0.15) is 6.61 Å². The third kappa shape index (κ3) is 9.17. The molecule has 0 saturated heterocycles. The van der Waals surface area contributed by atoms with Crippen molar-refractivity contribution in [1.82, 2.24) is 10.6 Å². The SMILES string of the molecule is CC(C)OC(=O)/C=C/C(=O)OC[C@H](C)NC(=O)NC1CCCCC1. The Morgan fingerprint density at radius 3 is 2.29 bits per heavy atom. The predicted octanol–water partition coefficient (Wildman–Crippen LogP) is 2.06. The fraction of sp³-hybridized carbons (Fsp3) is 0.706. The topological polar surface area (TPSA) is 93.7 Å². The van der Waals surface area contributed by atoms with Gasteiger partial charge in [0.05, 0.1) is 12.1 Å². The Balaban J connectivity index is 2.20. The van der Waals surface area contributed by atoms with Crippen molar-refractivity contribution in [3.8, 4) is 0 Å². The molecule has 0 aromatic carbocycles. The van der Waals surface area contributed by atoms with E-state index in [4.69, 9.17) is 9.47 Å². The summed E-state index contributed by atoms with van der Waals surface area (Å²) < 4.78 is 9.83. The lowest BCUT2D eigenvalue weighted by atomic mass is 9.96. The molecule has 2 N–H and O–H groups in total. The fourth-order valence-electron chi connectivity index (χ4n) is 2.40. The molecule has 1 aliphatic carbocycles. The number of amides is 2. The molecule has 0 radical (unpaired) electrons. The van der Waals surface area contributed by atoms with Gasteiger partial charge >= 0.3 is 18.0 Å². The van der Waals surface area contributed by atoms with Crippen molar-refractivity contribution in [2.75, 3.05) is 6.61 Å². The fourth-order valence-corrected chi connectivity index (χ4v) is 2.40. The van der Waals surface area contributed by atoms with Crippen molar-refractivity contribution in [2.24, 2.45) is 0 Å². The van der Waals surface area contributed by atoms with Crippen LogP contribution in [0, 0.1) is 0 Å². The molecule has 0 aliphatic heterocycles. The van der Waals surface area contributed by atoms with Crippen molar-refractivity contribution < 1.29 is 23.9 Å². The number of ether oxygens (including phenoxy) is 2. The Kier molecular flexibility index (Phi) is 8.89. The number of carbonyl (C=O) groups is 3. The molecular weight excluding hydrogens is 312 g/mol. The van der Waals surface area contributed by atoms with Crippen LogP contribution in [0.15, 0.2) is 12.2 Å². The van der Waals surface area contributed by atoms with E-state index >= 15 is 0 Å². The van der Waals surface area contributed by atoms with Crippen molar-refractivity contribution in [3.63, 3.8) is 0 Å². The lowest BCUT2D eigenvalue weighted by molar-refractivity contribution is -0.143. The van der Waals surface area contributed by atoms with Gasteiger partial charge in [-0.15, -0.1) is 0 Å². The second-order valence-corrected chi connectivity index (χ2v) is 6.30. The maximum Gasteiger partial charge on any atom is 0.331 e. The Morgan fingerprint density at radius 2 is 1.67 bits per heavy atom. The highest BCUT2D eigenvalue weighted by Gasteiger charge is 2.17. The van der Waals surface area contributed by atoms with E-state index in [1.54, 1.807) is 20.8 Å². The zero-order valence-corrected chi connectivity index (χ0v) is 14.7. The monoisotopic (exact) mass is 340 g/mol. The molecule has 1 aliphatic rings. The summed E-state index contributed by atoms with van der Waals surface area (Å²) in [7, 11) is 0. The van der Waals surface area contributed by atoms with E-state index < -0.39 is 11.9 Å². The Hall–Kier alpha value is -2.05. The molecule has 136 valence electrons. The van der Waals surface area contributed by atoms with Gasteiger partial charge in [-0.2, -0.15) is 0 Å². The molecular formula is C17H28N2O5. The van der Waals surface area contributed by atoms with Crippen molar-refractivity contribution in [1.29, 1.82) is 0 Å². The number of urea groups is 1.